The topological polar surface area (TPSA) is 95.7 Å². The van der Waals surface area contributed by atoms with Gasteiger partial charge in [-0.05, 0) is 30.5 Å². The highest BCUT2D eigenvalue weighted by Crippen LogP contribution is 2.21. The predicted octanol–water partition coefficient (Wildman–Crippen LogP) is 0.830. The highest BCUT2D eigenvalue weighted by molar-refractivity contribution is 5.95. The zero-order valence-electron chi connectivity index (χ0n) is 13.5. The van der Waals surface area contributed by atoms with Gasteiger partial charge in [-0.1, -0.05) is 12.1 Å². The van der Waals surface area contributed by atoms with Crippen molar-refractivity contribution < 1.29 is 14.4 Å². The molecule has 1 aromatic carbocycles. The van der Waals surface area contributed by atoms with Gasteiger partial charge in [-0.2, -0.15) is 0 Å². The smallest absolute Gasteiger partial charge is 0.317 e. The molecule has 2 fully saturated rings. The van der Waals surface area contributed by atoms with E-state index in [0.29, 0.717) is 32.5 Å². The van der Waals surface area contributed by atoms with Crippen LogP contribution in [-0.4, -0.2) is 42.4 Å². The molecular weight excluding hydrogens is 308 g/mol. The maximum atomic E-state index is 12.1. The Kier molecular flexibility index (Phi) is 4.69. The van der Waals surface area contributed by atoms with Crippen molar-refractivity contribution in [1.82, 2.24) is 10.2 Å². The highest BCUT2D eigenvalue weighted by atomic mass is 16.2. The largest absolute Gasteiger partial charge is 0.369 e. The van der Waals surface area contributed by atoms with E-state index >= 15 is 0 Å². The van der Waals surface area contributed by atoms with E-state index < -0.39 is 0 Å². The normalized spacial score (nSPS) is 20.5. The summed E-state index contributed by atoms with van der Waals surface area (Å²) in [7, 11) is 0. The first-order valence-electron chi connectivity index (χ1n) is 8.26. The maximum Gasteiger partial charge on any atom is 0.317 e. The molecule has 0 saturated carbocycles. The number of nitrogens with one attached hydrogen (secondary N) is 1. The fourth-order valence-corrected chi connectivity index (χ4v) is 3.18. The Hall–Kier alpha value is -2.57. The van der Waals surface area contributed by atoms with E-state index in [1.807, 2.05) is 24.3 Å². The van der Waals surface area contributed by atoms with Gasteiger partial charge < -0.3 is 20.9 Å². The van der Waals surface area contributed by atoms with Gasteiger partial charge in [-0.3, -0.25) is 9.59 Å². The van der Waals surface area contributed by atoms with Crippen molar-refractivity contribution in [2.75, 3.05) is 24.5 Å². The Bertz CT molecular complexity index is 644. The maximum absolute atomic E-state index is 12.1. The summed E-state index contributed by atoms with van der Waals surface area (Å²) in [5, 5.41) is 2.85. The van der Waals surface area contributed by atoms with Gasteiger partial charge in [0.1, 0.15) is 0 Å². The number of nitrogens with zero attached hydrogens (tertiary/aromatic N) is 2. The molecule has 2 aliphatic rings. The molecule has 7 nitrogen and oxygen atoms in total. The third kappa shape index (κ3) is 3.50. The average Bonchev–Trinajstić information content (AvgIpc) is 3.22. The molecule has 0 unspecified atom stereocenters. The van der Waals surface area contributed by atoms with Crippen LogP contribution < -0.4 is 16.0 Å². The van der Waals surface area contributed by atoms with Crippen LogP contribution in [-0.2, 0) is 16.1 Å². The molecule has 1 atom stereocenters. The first-order valence-corrected chi connectivity index (χ1v) is 8.26. The van der Waals surface area contributed by atoms with Crippen molar-refractivity contribution in [2.45, 2.75) is 25.8 Å². The molecule has 2 heterocycles. The molecule has 0 aliphatic carbocycles. The molecule has 3 N–H and O–H groups in total. The third-order valence-electron chi connectivity index (χ3n) is 4.64. The monoisotopic (exact) mass is 330 g/mol. The second-order valence-electron chi connectivity index (χ2n) is 6.31. The number of amides is 4. The molecule has 0 bridgehead atoms. The van der Waals surface area contributed by atoms with Gasteiger partial charge in [0.15, 0.2) is 0 Å². The molecule has 128 valence electrons. The summed E-state index contributed by atoms with van der Waals surface area (Å²) < 4.78 is 0. The van der Waals surface area contributed by atoms with E-state index in [0.717, 1.165) is 24.2 Å². The Morgan fingerprint density at radius 3 is 2.54 bits per heavy atom. The molecular formula is C17H22N4O3. The summed E-state index contributed by atoms with van der Waals surface area (Å²) in [5.74, 6) is -0.431. The van der Waals surface area contributed by atoms with Crippen molar-refractivity contribution in [2.24, 2.45) is 11.7 Å². The van der Waals surface area contributed by atoms with Gasteiger partial charge in [-0.25, -0.2) is 4.79 Å². The predicted molar refractivity (Wildman–Crippen MR) is 89.1 cm³/mol. The summed E-state index contributed by atoms with van der Waals surface area (Å²) in [4.78, 5) is 38.4. The molecule has 7 heteroatoms. The van der Waals surface area contributed by atoms with Crippen LogP contribution in [0.15, 0.2) is 24.3 Å². The summed E-state index contributed by atoms with van der Waals surface area (Å²) in [6, 6.07) is 7.46. The molecule has 0 radical (unpaired) electrons. The van der Waals surface area contributed by atoms with Crippen LogP contribution in [0.25, 0.3) is 0 Å². The Labute approximate surface area is 140 Å². The van der Waals surface area contributed by atoms with Crippen LogP contribution in [0, 0.1) is 5.92 Å². The number of carbonyl (C=O) groups excluding carboxylic acids is 3. The van der Waals surface area contributed by atoms with Gasteiger partial charge in [-0.15, -0.1) is 0 Å². The second kappa shape index (κ2) is 6.90. The minimum absolute atomic E-state index is 0.161. The lowest BCUT2D eigenvalue weighted by Gasteiger charge is -2.18. The lowest BCUT2D eigenvalue weighted by atomic mass is 10.1. The summed E-state index contributed by atoms with van der Waals surface area (Å²) in [6.07, 6.45) is 2.14. The number of hydrogen-bond donors (Lipinski definition) is 2. The van der Waals surface area contributed by atoms with Gasteiger partial charge in [0.2, 0.25) is 11.8 Å². The number of anilines is 1. The minimum Gasteiger partial charge on any atom is -0.369 e. The molecule has 2 aliphatic heterocycles. The lowest BCUT2D eigenvalue weighted by molar-refractivity contribution is -0.121. The molecule has 1 aromatic rings. The van der Waals surface area contributed by atoms with Crippen molar-refractivity contribution in [3.05, 3.63) is 29.8 Å². The first kappa shape index (κ1) is 16.3. The fourth-order valence-electron chi connectivity index (χ4n) is 3.18. The number of hydrogen-bond acceptors (Lipinski definition) is 3. The van der Waals surface area contributed by atoms with Crippen LogP contribution in [0.2, 0.25) is 0 Å². The Morgan fingerprint density at radius 1 is 1.21 bits per heavy atom. The summed E-state index contributed by atoms with van der Waals surface area (Å²) in [5.41, 5.74) is 7.14. The van der Waals surface area contributed by atoms with Gasteiger partial charge in [0, 0.05) is 38.3 Å². The minimum atomic E-state index is -0.350. The number of urea groups is 1. The number of rotatable bonds is 4. The lowest BCUT2D eigenvalue weighted by Crippen LogP contribution is -2.39. The number of primary amides is 1. The van der Waals surface area contributed by atoms with Gasteiger partial charge in [0.25, 0.3) is 0 Å². The van der Waals surface area contributed by atoms with Crippen LogP contribution in [0.4, 0.5) is 10.5 Å². The van der Waals surface area contributed by atoms with E-state index in [2.05, 4.69) is 5.32 Å². The summed E-state index contributed by atoms with van der Waals surface area (Å²) in [6.45, 7) is 2.11. The molecule has 24 heavy (non-hydrogen) atoms. The quantitative estimate of drug-likeness (QED) is 0.856. The Morgan fingerprint density at radius 2 is 1.96 bits per heavy atom. The molecule has 4 amide bonds. The third-order valence-corrected chi connectivity index (χ3v) is 4.64. The molecule has 2 saturated heterocycles. The van der Waals surface area contributed by atoms with Crippen LogP contribution in [0.5, 0.6) is 0 Å². The standard InChI is InChI=1S/C17H22N4O3/c18-16(23)13-7-9-20(11-13)17(24)19-10-12-3-5-14(6-4-12)21-8-1-2-15(21)22/h3-6,13H,1-2,7-11H2,(H2,18,23)(H,19,24)/t13-/m0/s1. The highest BCUT2D eigenvalue weighted by Gasteiger charge is 2.29. The van der Waals surface area contributed by atoms with Crippen LogP contribution in [0.1, 0.15) is 24.8 Å². The molecule has 3 rings (SSSR count). The van der Waals surface area contributed by atoms with Crippen molar-refractivity contribution in [3.8, 4) is 0 Å². The Balaban J connectivity index is 1.51. The summed E-state index contributed by atoms with van der Waals surface area (Å²) >= 11 is 0. The number of likely N-dealkylation sites (tertiary alicyclic amines) is 1. The SMILES string of the molecule is NC(=O)[C@H]1CCN(C(=O)NCc2ccc(N3CCCC3=O)cc2)C1. The van der Waals surface area contributed by atoms with E-state index in [1.54, 1.807) is 9.80 Å². The number of benzene rings is 1. The van der Waals surface area contributed by atoms with Gasteiger partial charge in [0.05, 0.1) is 5.92 Å². The first-order chi connectivity index (χ1) is 11.5. The van der Waals surface area contributed by atoms with Crippen LogP contribution >= 0.6 is 0 Å². The van der Waals surface area contributed by atoms with E-state index in [1.165, 1.54) is 0 Å². The van der Waals surface area contributed by atoms with Crippen LogP contribution in [0.3, 0.4) is 0 Å². The van der Waals surface area contributed by atoms with Crippen molar-refractivity contribution in [3.63, 3.8) is 0 Å². The van der Waals surface area contributed by atoms with E-state index in [4.69, 9.17) is 5.73 Å². The van der Waals surface area contributed by atoms with Crippen molar-refractivity contribution >= 4 is 23.5 Å². The average molecular weight is 330 g/mol. The van der Waals surface area contributed by atoms with E-state index in [9.17, 15) is 14.4 Å². The molecule has 0 aromatic heterocycles. The second-order valence-corrected chi connectivity index (χ2v) is 6.31. The fraction of sp³-hybridized carbons (Fsp3) is 0.471. The van der Waals surface area contributed by atoms with Gasteiger partial charge >= 0.3 is 6.03 Å². The van der Waals surface area contributed by atoms with Crippen molar-refractivity contribution in [1.29, 1.82) is 0 Å². The van der Waals surface area contributed by atoms with E-state index in [-0.39, 0.29) is 23.8 Å². The zero-order valence-corrected chi connectivity index (χ0v) is 13.5. The zero-order chi connectivity index (χ0) is 17.1. The molecule has 0 spiro atoms. The number of nitrogens with two attached hydrogens (primary N) is 1. The number of carbonyl (C=O) groups is 3.